The van der Waals surface area contributed by atoms with Crippen LogP contribution in [0.25, 0.3) is 12.2 Å². The molecular weight excluding hydrogens is 288 g/mol. The highest BCUT2D eigenvalue weighted by Gasteiger charge is 2.33. The zero-order valence-electron chi connectivity index (χ0n) is 11.4. The first kappa shape index (κ1) is 13.7. The zero-order chi connectivity index (χ0) is 14.8. The molecule has 2 aromatic rings. The van der Waals surface area contributed by atoms with Crippen LogP contribution in [0.4, 0.5) is 5.13 Å². The number of hydrogen-bond acceptors (Lipinski definition) is 5. The fourth-order valence-corrected chi connectivity index (χ4v) is 2.89. The maximum Gasteiger partial charge on any atom is 0.251 e. The Kier molecular flexibility index (Phi) is 3.66. The lowest BCUT2D eigenvalue weighted by atomic mass is 10.4. The van der Waals surface area contributed by atoms with Crippen molar-refractivity contribution in [3.8, 4) is 0 Å². The molecule has 1 fully saturated rings. The van der Waals surface area contributed by atoms with Gasteiger partial charge in [0.25, 0.3) is 5.56 Å². The Balaban J connectivity index is 1.78. The van der Waals surface area contributed by atoms with Gasteiger partial charge in [-0.3, -0.25) is 14.5 Å². The average Bonchev–Trinajstić information content (AvgIpc) is 3.15. The molecule has 3 rings (SSSR count). The van der Waals surface area contributed by atoms with E-state index in [4.69, 9.17) is 0 Å². The highest BCUT2D eigenvalue weighted by Crippen LogP contribution is 2.33. The summed E-state index contributed by atoms with van der Waals surface area (Å²) in [6.07, 6.45) is 6.99. The van der Waals surface area contributed by atoms with E-state index >= 15 is 0 Å². The van der Waals surface area contributed by atoms with Crippen LogP contribution in [-0.4, -0.2) is 26.9 Å². The molecule has 0 radical (unpaired) electrons. The molecule has 1 saturated carbocycles. The molecule has 0 saturated heterocycles. The first-order chi connectivity index (χ1) is 10.1. The molecule has 0 spiro atoms. The normalized spacial score (nSPS) is 14.5. The molecule has 0 atom stereocenters. The highest BCUT2D eigenvalue weighted by molar-refractivity contribution is 7.14. The fraction of sp³-hybridized carbons (Fsp3) is 0.286. The van der Waals surface area contributed by atoms with Gasteiger partial charge in [-0.25, -0.2) is 9.97 Å². The maximum absolute atomic E-state index is 11.7. The Morgan fingerprint density at radius 1 is 1.48 bits per heavy atom. The van der Waals surface area contributed by atoms with Crippen LogP contribution in [0.2, 0.25) is 0 Å². The Labute approximate surface area is 125 Å². The fourth-order valence-electron chi connectivity index (χ4n) is 1.98. The van der Waals surface area contributed by atoms with E-state index in [-0.39, 0.29) is 11.5 Å². The molecule has 1 aliphatic rings. The molecule has 108 valence electrons. The zero-order valence-corrected chi connectivity index (χ0v) is 12.3. The van der Waals surface area contributed by atoms with Crippen molar-refractivity contribution in [2.24, 2.45) is 0 Å². The summed E-state index contributed by atoms with van der Waals surface area (Å²) < 4.78 is 0. The number of aromatic nitrogens is 3. The number of carbonyl (C=O) groups excluding carboxylic acids is 1. The van der Waals surface area contributed by atoms with Crippen molar-refractivity contribution < 1.29 is 4.79 Å². The molecule has 1 N–H and O–H groups in total. The van der Waals surface area contributed by atoms with Crippen LogP contribution in [0.5, 0.6) is 0 Å². The molecule has 1 amide bonds. The first-order valence-electron chi connectivity index (χ1n) is 6.62. The van der Waals surface area contributed by atoms with E-state index in [0.29, 0.717) is 11.9 Å². The molecule has 6 nitrogen and oxygen atoms in total. The third kappa shape index (κ3) is 3.25. The second kappa shape index (κ2) is 5.61. The van der Waals surface area contributed by atoms with Gasteiger partial charge in [0, 0.05) is 30.6 Å². The lowest BCUT2D eigenvalue weighted by Gasteiger charge is -2.16. The van der Waals surface area contributed by atoms with Gasteiger partial charge < -0.3 is 4.98 Å². The van der Waals surface area contributed by atoms with Crippen molar-refractivity contribution in [1.29, 1.82) is 0 Å². The van der Waals surface area contributed by atoms with E-state index < -0.39 is 0 Å². The molecule has 1 aliphatic carbocycles. The molecule has 21 heavy (non-hydrogen) atoms. The number of carbonyl (C=O) groups is 1. The van der Waals surface area contributed by atoms with Gasteiger partial charge in [0.1, 0.15) is 5.82 Å². The van der Waals surface area contributed by atoms with Gasteiger partial charge in [0.2, 0.25) is 5.91 Å². The summed E-state index contributed by atoms with van der Waals surface area (Å²) in [5.74, 6) is 0.499. The lowest BCUT2D eigenvalue weighted by Crippen LogP contribution is -2.30. The second-order valence-corrected chi connectivity index (χ2v) is 5.66. The van der Waals surface area contributed by atoms with Crippen molar-refractivity contribution in [1.82, 2.24) is 15.0 Å². The average molecular weight is 302 g/mol. The topological polar surface area (TPSA) is 79.0 Å². The number of H-pyrrole nitrogens is 1. The van der Waals surface area contributed by atoms with Gasteiger partial charge in [0.05, 0.1) is 5.69 Å². The number of nitrogens with zero attached hydrogens (tertiary/aromatic N) is 3. The van der Waals surface area contributed by atoms with Crippen molar-refractivity contribution in [2.45, 2.75) is 25.8 Å². The first-order valence-corrected chi connectivity index (χ1v) is 7.50. The van der Waals surface area contributed by atoms with Crippen LogP contribution >= 0.6 is 11.3 Å². The van der Waals surface area contributed by atoms with Gasteiger partial charge in [-0.2, -0.15) is 0 Å². The Hall–Kier alpha value is -2.28. The van der Waals surface area contributed by atoms with Gasteiger partial charge >= 0.3 is 0 Å². The van der Waals surface area contributed by atoms with Crippen molar-refractivity contribution in [3.05, 3.63) is 39.5 Å². The number of hydrogen-bond donors (Lipinski definition) is 1. The predicted octanol–water partition coefficient (Wildman–Crippen LogP) is 1.91. The summed E-state index contributed by atoms with van der Waals surface area (Å²) >= 11 is 1.44. The molecule has 7 heteroatoms. The van der Waals surface area contributed by atoms with Gasteiger partial charge in [-0.05, 0) is 25.0 Å². The van der Waals surface area contributed by atoms with Gasteiger partial charge in [-0.15, -0.1) is 11.3 Å². The Morgan fingerprint density at radius 2 is 2.29 bits per heavy atom. The molecule has 2 heterocycles. The van der Waals surface area contributed by atoms with Gasteiger partial charge in [0.15, 0.2) is 5.13 Å². The number of nitrogens with one attached hydrogen (secondary N) is 1. The smallest absolute Gasteiger partial charge is 0.251 e. The van der Waals surface area contributed by atoms with Crippen molar-refractivity contribution >= 4 is 34.5 Å². The third-order valence-electron chi connectivity index (χ3n) is 3.07. The van der Waals surface area contributed by atoms with Crippen LogP contribution in [-0.2, 0) is 4.79 Å². The van der Waals surface area contributed by atoms with Crippen molar-refractivity contribution in [3.63, 3.8) is 0 Å². The summed E-state index contributed by atoms with van der Waals surface area (Å²) in [6, 6.07) is 1.66. The lowest BCUT2D eigenvalue weighted by molar-refractivity contribution is -0.116. The number of aromatic amines is 1. The number of anilines is 1. The molecule has 2 aromatic heterocycles. The summed E-state index contributed by atoms with van der Waals surface area (Å²) in [5.41, 5.74) is 0.550. The summed E-state index contributed by atoms with van der Waals surface area (Å²) in [6.45, 7) is 1.56. The second-order valence-electron chi connectivity index (χ2n) is 4.83. The minimum absolute atomic E-state index is 0.0245. The van der Waals surface area contributed by atoms with Gasteiger partial charge in [-0.1, -0.05) is 0 Å². The predicted molar refractivity (Wildman–Crippen MR) is 82.1 cm³/mol. The molecule has 0 bridgehead atoms. The van der Waals surface area contributed by atoms with Crippen LogP contribution < -0.4 is 10.5 Å². The summed E-state index contributed by atoms with van der Waals surface area (Å²) in [7, 11) is 0. The number of amides is 1. The minimum atomic E-state index is -0.194. The highest BCUT2D eigenvalue weighted by atomic mass is 32.1. The summed E-state index contributed by atoms with van der Waals surface area (Å²) in [4.78, 5) is 35.7. The third-order valence-corrected chi connectivity index (χ3v) is 3.93. The van der Waals surface area contributed by atoms with E-state index in [2.05, 4.69) is 15.0 Å². The van der Waals surface area contributed by atoms with Crippen LogP contribution in [0.15, 0.2) is 22.4 Å². The molecular formula is C14H14N4O2S. The van der Waals surface area contributed by atoms with Crippen LogP contribution in [0.1, 0.15) is 31.3 Å². The van der Waals surface area contributed by atoms with Crippen LogP contribution in [0.3, 0.4) is 0 Å². The van der Waals surface area contributed by atoms with Crippen LogP contribution in [0, 0.1) is 0 Å². The Morgan fingerprint density at radius 3 is 2.95 bits per heavy atom. The SMILES string of the molecule is CC(=O)N(c1nc(C=Cc2nccc(=O)[nH]2)cs1)C1CC1. The number of thiazole rings is 1. The molecule has 0 aliphatic heterocycles. The maximum atomic E-state index is 11.7. The van der Waals surface area contributed by atoms with E-state index in [0.717, 1.165) is 23.7 Å². The van der Waals surface area contributed by atoms with E-state index in [1.54, 1.807) is 24.0 Å². The van der Waals surface area contributed by atoms with E-state index in [1.165, 1.54) is 23.6 Å². The monoisotopic (exact) mass is 302 g/mol. The van der Waals surface area contributed by atoms with E-state index in [1.807, 2.05) is 5.38 Å². The molecule has 0 unspecified atom stereocenters. The standard InChI is InChI=1S/C14H14N4O2S/c1-9(19)18(11-3-4-11)14-16-10(8-21-14)2-5-12-15-7-6-13(20)17-12/h2,5-8,11H,3-4H2,1H3,(H,15,17,20). The summed E-state index contributed by atoms with van der Waals surface area (Å²) in [5, 5.41) is 2.60. The number of rotatable bonds is 4. The van der Waals surface area contributed by atoms with Crippen molar-refractivity contribution in [2.75, 3.05) is 4.90 Å². The Bertz CT molecular complexity index is 745. The largest absolute Gasteiger partial charge is 0.307 e. The quantitative estimate of drug-likeness (QED) is 0.935. The minimum Gasteiger partial charge on any atom is -0.307 e. The molecule has 0 aromatic carbocycles. The van der Waals surface area contributed by atoms with E-state index in [9.17, 15) is 9.59 Å².